The molecule has 0 fully saturated rings. The average Bonchev–Trinajstić information content (AvgIpc) is 2.58. The van der Waals surface area contributed by atoms with Gasteiger partial charge in [0.2, 0.25) is 0 Å². The fraction of sp³-hybridized carbons (Fsp3) is 0.278. The number of hydrogen-bond acceptors (Lipinski definition) is 6. The molecule has 3 aromatic rings. The highest BCUT2D eigenvalue weighted by Gasteiger charge is 2.14. The molecule has 2 aromatic heterocycles. The van der Waals surface area contributed by atoms with Gasteiger partial charge in [-0.2, -0.15) is 0 Å². The van der Waals surface area contributed by atoms with Crippen molar-refractivity contribution in [1.82, 2.24) is 15.0 Å². The molecule has 6 nitrogen and oxygen atoms in total. The van der Waals surface area contributed by atoms with Crippen molar-refractivity contribution >= 4 is 26.7 Å². The van der Waals surface area contributed by atoms with Gasteiger partial charge in [0.15, 0.2) is 15.5 Å². The minimum absolute atomic E-state index is 0.00585. The Kier molecular flexibility index (Phi) is 4.67. The van der Waals surface area contributed by atoms with E-state index in [9.17, 15) is 8.42 Å². The highest BCUT2D eigenvalue weighted by atomic mass is 32.2. The normalized spacial score (nSPS) is 12.9. The molecule has 0 saturated carbocycles. The number of benzene rings is 1. The summed E-state index contributed by atoms with van der Waals surface area (Å²) in [5, 5.41) is 4.31. The molecular weight excluding hydrogens is 336 g/mol. The molecule has 0 radical (unpaired) electrons. The van der Waals surface area contributed by atoms with Crippen molar-refractivity contribution in [2.75, 3.05) is 11.6 Å². The van der Waals surface area contributed by atoms with E-state index < -0.39 is 9.84 Å². The van der Waals surface area contributed by atoms with Gasteiger partial charge in [-0.3, -0.25) is 0 Å². The quantitative estimate of drug-likeness (QED) is 0.755. The first-order chi connectivity index (χ1) is 11.9. The third-order valence-corrected chi connectivity index (χ3v) is 5.14. The highest BCUT2D eigenvalue weighted by Crippen LogP contribution is 2.26. The van der Waals surface area contributed by atoms with Crippen molar-refractivity contribution in [3.8, 4) is 0 Å². The Morgan fingerprint density at radius 2 is 1.84 bits per heavy atom. The number of sulfone groups is 1. The molecule has 130 valence electrons. The van der Waals surface area contributed by atoms with Crippen molar-refractivity contribution in [3.05, 3.63) is 54.0 Å². The van der Waals surface area contributed by atoms with Crippen LogP contribution in [0, 0.1) is 6.92 Å². The Balaban J connectivity index is 1.95. The van der Waals surface area contributed by atoms with Crippen molar-refractivity contribution in [3.63, 3.8) is 0 Å². The Morgan fingerprint density at radius 1 is 1.12 bits per heavy atom. The van der Waals surface area contributed by atoms with Crippen molar-refractivity contribution < 1.29 is 8.42 Å². The predicted octanol–water partition coefficient (Wildman–Crippen LogP) is 3.30. The molecule has 1 unspecified atom stereocenters. The van der Waals surface area contributed by atoms with Crippen LogP contribution >= 0.6 is 0 Å². The monoisotopic (exact) mass is 356 g/mol. The van der Waals surface area contributed by atoms with Crippen LogP contribution in [0.15, 0.2) is 47.5 Å². The molecule has 0 saturated heterocycles. The zero-order valence-corrected chi connectivity index (χ0v) is 15.2. The zero-order valence-electron chi connectivity index (χ0n) is 14.4. The van der Waals surface area contributed by atoms with Crippen LogP contribution in [0.5, 0.6) is 0 Å². The van der Waals surface area contributed by atoms with Crippen LogP contribution in [0.1, 0.15) is 30.8 Å². The summed E-state index contributed by atoms with van der Waals surface area (Å²) in [6.45, 7) is 3.90. The van der Waals surface area contributed by atoms with E-state index >= 15 is 0 Å². The molecule has 0 amide bonds. The number of nitrogens with zero attached hydrogens (tertiary/aromatic N) is 3. The second kappa shape index (κ2) is 6.76. The lowest BCUT2D eigenvalue weighted by Gasteiger charge is -2.19. The summed E-state index contributed by atoms with van der Waals surface area (Å²) in [5.41, 5.74) is 1.66. The van der Waals surface area contributed by atoms with E-state index in [2.05, 4.69) is 27.2 Å². The van der Waals surface area contributed by atoms with Gasteiger partial charge in [-0.1, -0.05) is 19.1 Å². The molecular formula is C18H20N4O2S. The molecule has 0 aliphatic rings. The number of rotatable bonds is 5. The van der Waals surface area contributed by atoms with Crippen LogP contribution in [0.2, 0.25) is 0 Å². The average molecular weight is 356 g/mol. The molecule has 3 rings (SSSR count). The number of aryl methyl sites for hydroxylation is 1. The fourth-order valence-electron chi connectivity index (χ4n) is 2.71. The maximum absolute atomic E-state index is 11.6. The van der Waals surface area contributed by atoms with Gasteiger partial charge in [-0.25, -0.2) is 23.4 Å². The van der Waals surface area contributed by atoms with E-state index in [1.54, 1.807) is 18.3 Å². The van der Waals surface area contributed by atoms with Crippen molar-refractivity contribution in [2.24, 2.45) is 0 Å². The number of aromatic nitrogens is 3. The van der Waals surface area contributed by atoms with Gasteiger partial charge in [-0.05, 0) is 43.2 Å². The van der Waals surface area contributed by atoms with Gasteiger partial charge in [0.1, 0.15) is 11.6 Å². The fourth-order valence-corrected chi connectivity index (χ4v) is 3.35. The summed E-state index contributed by atoms with van der Waals surface area (Å²) in [4.78, 5) is 13.5. The first-order valence-corrected chi connectivity index (χ1v) is 9.93. The Bertz CT molecular complexity index is 1000. The lowest BCUT2D eigenvalue weighted by atomic mass is 10.0. The highest BCUT2D eigenvalue weighted by molar-refractivity contribution is 7.90. The van der Waals surface area contributed by atoms with Crippen LogP contribution in [0.25, 0.3) is 11.0 Å². The number of pyridine rings is 1. The molecule has 1 N–H and O–H groups in total. The Morgan fingerprint density at radius 3 is 2.48 bits per heavy atom. The minimum atomic E-state index is -3.19. The van der Waals surface area contributed by atoms with E-state index in [-0.39, 0.29) is 6.04 Å². The number of nitrogens with one attached hydrogen (secondary N) is 1. The molecule has 7 heteroatoms. The van der Waals surface area contributed by atoms with Gasteiger partial charge in [-0.15, -0.1) is 0 Å². The Labute approximate surface area is 147 Å². The van der Waals surface area contributed by atoms with Gasteiger partial charge >= 0.3 is 0 Å². The second-order valence-electron chi connectivity index (χ2n) is 5.94. The summed E-state index contributed by atoms with van der Waals surface area (Å²) in [7, 11) is -3.19. The Hall–Kier alpha value is -2.54. The largest absolute Gasteiger partial charge is 0.363 e. The summed E-state index contributed by atoms with van der Waals surface area (Å²) in [6.07, 6.45) is 3.74. The molecule has 1 aromatic carbocycles. The molecule has 0 aliphatic heterocycles. The second-order valence-corrected chi connectivity index (χ2v) is 7.96. The van der Waals surface area contributed by atoms with Crippen LogP contribution < -0.4 is 5.32 Å². The summed E-state index contributed by atoms with van der Waals surface area (Å²) < 4.78 is 23.2. The smallest absolute Gasteiger partial charge is 0.175 e. The van der Waals surface area contributed by atoms with Crippen LogP contribution in [-0.2, 0) is 9.84 Å². The molecule has 0 bridgehead atoms. The molecule has 0 aliphatic carbocycles. The standard InChI is InChI=1S/C18H20N4O2S/c1-4-16(13-7-9-14(10-8-13)25(3,23)24)22-18-15-6-5-11-19-17(15)20-12(2)21-18/h5-11,16H,4H2,1-3H3,(H,19,20,21,22). The first-order valence-electron chi connectivity index (χ1n) is 8.04. The van der Waals surface area contributed by atoms with Crippen LogP contribution in [0.3, 0.4) is 0 Å². The number of hydrogen-bond donors (Lipinski definition) is 1. The maximum atomic E-state index is 11.6. The van der Waals surface area contributed by atoms with E-state index in [1.165, 1.54) is 6.26 Å². The molecule has 0 spiro atoms. The maximum Gasteiger partial charge on any atom is 0.175 e. The minimum Gasteiger partial charge on any atom is -0.363 e. The molecule has 25 heavy (non-hydrogen) atoms. The van der Waals surface area contributed by atoms with Crippen molar-refractivity contribution in [1.29, 1.82) is 0 Å². The third-order valence-electron chi connectivity index (χ3n) is 4.01. The summed E-state index contributed by atoms with van der Waals surface area (Å²) in [6, 6.07) is 10.8. The lowest BCUT2D eigenvalue weighted by molar-refractivity contribution is 0.601. The van der Waals surface area contributed by atoms with Crippen molar-refractivity contribution in [2.45, 2.75) is 31.2 Å². The van der Waals surface area contributed by atoms with Crippen LogP contribution in [-0.4, -0.2) is 29.6 Å². The molecule has 1 atom stereocenters. The molecule has 2 heterocycles. The SMILES string of the molecule is CCC(Nc1nc(C)nc2ncccc12)c1ccc(S(C)(=O)=O)cc1. The zero-order chi connectivity index (χ0) is 18.0. The summed E-state index contributed by atoms with van der Waals surface area (Å²) >= 11 is 0. The van der Waals surface area contributed by atoms with E-state index in [0.29, 0.717) is 16.4 Å². The topological polar surface area (TPSA) is 84.8 Å². The number of fused-ring (bicyclic) bond motifs is 1. The van der Waals surface area contributed by atoms with E-state index in [0.717, 1.165) is 23.2 Å². The first kappa shape index (κ1) is 17.3. The van der Waals surface area contributed by atoms with E-state index in [1.807, 2.05) is 31.2 Å². The lowest BCUT2D eigenvalue weighted by Crippen LogP contribution is -2.12. The van der Waals surface area contributed by atoms with Crippen LogP contribution in [0.4, 0.5) is 5.82 Å². The van der Waals surface area contributed by atoms with Gasteiger partial charge in [0.05, 0.1) is 16.3 Å². The van der Waals surface area contributed by atoms with Gasteiger partial charge in [0.25, 0.3) is 0 Å². The van der Waals surface area contributed by atoms with Gasteiger partial charge in [0, 0.05) is 12.5 Å². The predicted molar refractivity (Wildman–Crippen MR) is 98.3 cm³/mol. The number of anilines is 1. The summed E-state index contributed by atoms with van der Waals surface area (Å²) in [5.74, 6) is 1.38. The third kappa shape index (κ3) is 3.76. The van der Waals surface area contributed by atoms with E-state index in [4.69, 9.17) is 0 Å². The van der Waals surface area contributed by atoms with Gasteiger partial charge < -0.3 is 5.32 Å².